The Labute approximate surface area is 459 Å². The minimum Gasteiger partial charge on any atom is -0.558 e. The van der Waals surface area contributed by atoms with Crippen molar-refractivity contribution < 1.29 is 78.8 Å². The number of aliphatic hydroxyl groups excluding tert-OH is 1. The summed E-state index contributed by atoms with van der Waals surface area (Å²) in [7, 11) is 0. The first-order chi connectivity index (χ1) is 37.7. The van der Waals surface area contributed by atoms with Gasteiger partial charge in [-0.15, -0.1) is 0 Å². The van der Waals surface area contributed by atoms with E-state index in [-0.39, 0.29) is 45.2 Å². The molecule has 0 radical (unpaired) electrons. The number of rotatable bonds is 20. The summed E-state index contributed by atoms with van der Waals surface area (Å²) in [6, 6.07) is 6.82. The molecule has 2 aromatic rings. The van der Waals surface area contributed by atoms with Crippen molar-refractivity contribution >= 4 is 86.2 Å². The van der Waals surface area contributed by atoms with Gasteiger partial charge in [0.05, 0.1) is 44.7 Å². The number of hydrogen-bond donors (Lipinski definition) is 8. The number of aliphatic carboxylic acids is 1. The minimum atomic E-state index is -3.93. The van der Waals surface area contributed by atoms with E-state index in [1.165, 1.54) is 4.90 Å². The number of carboxylic acids is 1. The molecule has 4 unspecified atom stereocenters. The Hall–Kier alpha value is -7.09. The largest absolute Gasteiger partial charge is 1.15 e. The maximum Gasteiger partial charge on any atom is 1.15 e. The maximum atomic E-state index is 14.3. The van der Waals surface area contributed by atoms with Crippen molar-refractivity contribution in [1.29, 1.82) is 0 Å². The number of nitrogens with one attached hydrogen (secondary N) is 6. The van der Waals surface area contributed by atoms with Gasteiger partial charge in [-0.2, -0.15) is 0 Å². The zero-order valence-electron chi connectivity index (χ0n) is 43.9. The fourth-order valence-electron chi connectivity index (χ4n) is 9.96. The van der Waals surface area contributed by atoms with Crippen LogP contribution in [0.2, 0.25) is 0 Å². The molecule has 28 heteroatoms. The second-order valence-corrected chi connectivity index (χ2v) is 21.2. The number of amides is 7. The Morgan fingerprint density at radius 3 is 2.03 bits per heavy atom. The van der Waals surface area contributed by atoms with Crippen LogP contribution < -0.4 is 36.8 Å². The molecule has 7 rings (SSSR count). The summed E-state index contributed by atoms with van der Waals surface area (Å²) in [6.45, 7) is 5.38. The molecule has 0 spiro atoms. The number of benzene rings is 2. The first kappa shape index (κ1) is 59.6. The van der Waals surface area contributed by atoms with Gasteiger partial charge in [0, 0.05) is 58.7 Å². The van der Waals surface area contributed by atoms with Crippen molar-refractivity contribution in [3.8, 4) is 0 Å². The van der Waals surface area contributed by atoms with E-state index < -0.39 is 142 Å². The summed E-state index contributed by atoms with van der Waals surface area (Å²) in [4.78, 5) is 150. The predicted octanol–water partition coefficient (Wildman–Crippen LogP) is -3.05. The maximum absolute atomic E-state index is 14.3. The van der Waals surface area contributed by atoms with Crippen molar-refractivity contribution in [2.45, 2.75) is 108 Å². The Bertz CT molecular complexity index is 2620. The molecule has 5 aliphatic heterocycles. The Morgan fingerprint density at radius 2 is 1.39 bits per heavy atom. The van der Waals surface area contributed by atoms with Crippen LogP contribution in [0.15, 0.2) is 42.5 Å². The number of carboxylic acid groups (broad SMARTS) is 1. The van der Waals surface area contributed by atoms with Crippen LogP contribution >= 0.6 is 0 Å². The Balaban J connectivity index is 0.875. The molecule has 5 heterocycles. The van der Waals surface area contributed by atoms with Crippen LogP contribution in [0.5, 0.6) is 0 Å². The number of anilines is 1. The van der Waals surface area contributed by atoms with Crippen LogP contribution in [0.4, 0.5) is 9.21 Å². The summed E-state index contributed by atoms with van der Waals surface area (Å²) in [5.41, 5.74) is 3.53. The van der Waals surface area contributed by atoms with Crippen LogP contribution in [0.1, 0.15) is 68.2 Å². The Morgan fingerprint density at radius 1 is 0.759 bits per heavy atom. The van der Waals surface area contributed by atoms with Gasteiger partial charge in [0.1, 0.15) is 30.2 Å². The van der Waals surface area contributed by atoms with E-state index in [0.717, 1.165) is 16.7 Å². The molecular weight excluding hydrogens is 1050 g/mol. The van der Waals surface area contributed by atoms with E-state index >= 15 is 0 Å². The van der Waals surface area contributed by atoms with Gasteiger partial charge in [0.25, 0.3) is 11.9 Å². The van der Waals surface area contributed by atoms with Crippen molar-refractivity contribution in [2.24, 2.45) is 5.92 Å². The molecular formula is C51H66AlFN10O16. The smallest absolute Gasteiger partial charge is 0.558 e. The number of halogens is 1. The molecule has 3 saturated heterocycles. The lowest BCUT2D eigenvalue weighted by Crippen LogP contribution is -2.59. The van der Waals surface area contributed by atoms with Crippen molar-refractivity contribution in [3.63, 3.8) is 0 Å². The fraction of sp³-hybridized carbons (Fsp3) is 0.549. The quantitative estimate of drug-likeness (QED) is 0.0483. The molecule has 79 heavy (non-hydrogen) atoms. The second kappa shape index (κ2) is 27.7. The average Bonchev–Trinajstić information content (AvgIpc) is 3.93. The summed E-state index contributed by atoms with van der Waals surface area (Å²) < 4.78 is 28.3. The van der Waals surface area contributed by atoms with Gasteiger partial charge in [-0.25, -0.2) is 0 Å². The molecule has 0 aliphatic carbocycles. The SMILES string of the molecule is CC[C@H](C)[C@H](NC(=O)CNC(=O)CNC(=O)[C@H](CCC(=O)O)NC(=O)Cc1ccc(CN2CCN3CCN(CC2)CC(=O)[O][Al]([F])[O]C(=O)C3)cc1)C(=O)N[C@H]1CCc2cccc3c2N(C1=O)[C@H](C(=O)NC1CC(=O)OC1O)C3. The average molecular weight is 1120 g/mol. The molecule has 0 aromatic heterocycles. The van der Waals surface area contributed by atoms with Gasteiger partial charge in [0.2, 0.25) is 47.6 Å². The number of esters is 1. The molecule has 26 nitrogen and oxygen atoms in total. The lowest BCUT2D eigenvalue weighted by Gasteiger charge is -2.30. The highest BCUT2D eigenvalue weighted by Crippen LogP contribution is 2.39. The van der Waals surface area contributed by atoms with Crippen LogP contribution in [0.3, 0.4) is 0 Å². The highest BCUT2D eigenvalue weighted by Gasteiger charge is 2.47. The molecule has 9 atom stereocenters. The number of fused-ring (bicyclic) bond motifs is 3. The highest BCUT2D eigenvalue weighted by atomic mass is 27.3. The predicted molar refractivity (Wildman–Crippen MR) is 274 cm³/mol. The zero-order chi connectivity index (χ0) is 56.9. The molecule has 2 aromatic carbocycles. The molecule has 7 amide bonds. The number of aliphatic hydroxyl groups is 1. The number of para-hydroxylation sites is 1. The first-order valence-corrected chi connectivity index (χ1v) is 27.7. The number of nitrogens with zero attached hydrogens (tertiary/aromatic N) is 4. The normalized spacial score (nSPS) is 23.5. The highest BCUT2D eigenvalue weighted by molar-refractivity contribution is 6.41. The van der Waals surface area contributed by atoms with Crippen molar-refractivity contribution in [3.05, 3.63) is 64.7 Å². The summed E-state index contributed by atoms with van der Waals surface area (Å²) in [5, 5.41) is 34.8. The lowest BCUT2D eigenvalue weighted by molar-refractivity contribution is -0.155. The monoisotopic (exact) mass is 1120 g/mol. The second-order valence-electron chi connectivity index (χ2n) is 20.2. The number of cyclic esters (lactones) is 1. The van der Waals surface area contributed by atoms with E-state index in [2.05, 4.69) is 36.8 Å². The van der Waals surface area contributed by atoms with Gasteiger partial charge in [-0.1, -0.05) is 62.7 Å². The van der Waals surface area contributed by atoms with E-state index in [0.29, 0.717) is 69.9 Å². The number of aryl methyl sites for hydroxylation is 1. The van der Waals surface area contributed by atoms with Crippen LogP contribution in [0.25, 0.3) is 0 Å². The first-order valence-electron chi connectivity index (χ1n) is 26.3. The summed E-state index contributed by atoms with van der Waals surface area (Å²) in [5.74, 6) is -8.92. The number of ether oxygens (including phenoxy) is 1. The fourth-order valence-corrected chi connectivity index (χ4v) is 10.6. The standard InChI is InChI=1S/C51H68N10O16.Al.FH/c1-3-29(2)45(49(74)55-35-12-11-32-5-4-6-33-22-37(61(46(32)33)50(35)75)48(73)56-36-23-44(71)77-51(36)76)57-40(64)25-52-39(63)24-53-47(72)34(13-14-41(65)66)54-38(62)21-30-7-9-31(10-8-30)26-58-15-17-59(27-42(67)68)19-20-60(18-16-58)28-43(69)70;;/h4-10,29,34-37,45,51,76H,3,11-28H2,1-2H3,(H,52,63)(H,53,72)(H,54,62)(H,55,74)(H,56,73)(H,57,64)(H,65,66)(H,67,68)(H,69,70);;1H/q;+3;/p-3/t29-,34-,35-,36?,37-,45-,51?;;/m0../s1. The third-order valence-corrected chi connectivity index (χ3v) is 15.4. The minimum absolute atomic E-state index is 0.142. The van der Waals surface area contributed by atoms with E-state index in [1.54, 1.807) is 32.0 Å². The Kier molecular flexibility index (Phi) is 20.9. The van der Waals surface area contributed by atoms with Gasteiger partial charge < -0.3 is 58.0 Å². The van der Waals surface area contributed by atoms with Gasteiger partial charge in [-0.3, -0.25) is 72.3 Å². The third-order valence-electron chi connectivity index (χ3n) is 14.5. The van der Waals surface area contributed by atoms with Crippen LogP contribution in [0, 0.1) is 5.92 Å². The van der Waals surface area contributed by atoms with Crippen molar-refractivity contribution in [1.82, 2.24) is 46.6 Å². The molecule has 2 bridgehead atoms. The third kappa shape index (κ3) is 16.7. The van der Waals surface area contributed by atoms with Gasteiger partial charge in [0.15, 0.2) is 0 Å². The molecule has 8 N–H and O–H groups in total. The van der Waals surface area contributed by atoms with Crippen LogP contribution in [-0.2, 0) is 90.9 Å². The van der Waals surface area contributed by atoms with Crippen LogP contribution in [-0.4, -0.2) is 207 Å². The van der Waals surface area contributed by atoms with E-state index in [1.807, 2.05) is 34.1 Å². The van der Waals surface area contributed by atoms with Gasteiger partial charge >= 0.3 is 27.2 Å². The summed E-state index contributed by atoms with van der Waals surface area (Å²) >= 11 is -3.93. The van der Waals surface area contributed by atoms with E-state index in [9.17, 15) is 66.5 Å². The molecule has 0 saturated carbocycles. The molecule has 426 valence electrons. The summed E-state index contributed by atoms with van der Waals surface area (Å²) in [6.07, 6.45) is -1.69. The number of hydrogen-bond acceptors (Lipinski definition) is 18. The number of carbonyl (C=O) groups excluding carboxylic acids is 10. The number of carbonyl (C=O) groups is 11. The molecule has 3 fully saturated rings. The van der Waals surface area contributed by atoms with E-state index in [4.69, 9.17) is 12.3 Å². The van der Waals surface area contributed by atoms with Crippen molar-refractivity contribution in [2.75, 3.05) is 70.3 Å². The lowest BCUT2D eigenvalue weighted by atomic mass is 9.97. The zero-order valence-corrected chi connectivity index (χ0v) is 45.0. The topological polar surface area (TPSA) is 341 Å². The van der Waals surface area contributed by atoms with Gasteiger partial charge in [-0.05, 0) is 47.4 Å². The molecule has 5 aliphatic rings.